The van der Waals surface area contributed by atoms with Crippen LogP contribution in [0.4, 0.5) is 11.4 Å². The molecule has 2 rings (SSSR count). The van der Waals surface area contributed by atoms with Crippen molar-refractivity contribution in [2.75, 3.05) is 10.6 Å². The van der Waals surface area contributed by atoms with Gasteiger partial charge in [0.15, 0.2) is 0 Å². The van der Waals surface area contributed by atoms with E-state index in [1.165, 1.54) is 18.2 Å². The van der Waals surface area contributed by atoms with E-state index < -0.39 is 11.8 Å². The molecule has 2 aromatic rings. The Hall–Kier alpha value is -2.79. The van der Waals surface area contributed by atoms with E-state index in [1.54, 1.807) is 24.3 Å². The second-order valence-corrected chi connectivity index (χ2v) is 4.83. The Bertz CT molecular complexity index is 744. The van der Waals surface area contributed by atoms with Gasteiger partial charge < -0.3 is 15.7 Å². The lowest BCUT2D eigenvalue weighted by Crippen LogP contribution is -2.13. The third-order valence-corrected chi connectivity index (χ3v) is 3.01. The largest absolute Gasteiger partial charge is 0.507 e. The van der Waals surface area contributed by atoms with Gasteiger partial charge in [-0.2, -0.15) is 0 Å². The molecule has 2 aromatic carbocycles. The molecule has 0 aliphatic carbocycles. The van der Waals surface area contributed by atoms with Gasteiger partial charge in [-0.05, 0) is 42.5 Å². The van der Waals surface area contributed by atoms with Gasteiger partial charge in [0, 0.05) is 16.4 Å². The predicted octanol–water partition coefficient (Wildman–Crippen LogP) is 3.42. The number of carbonyl (C=O) groups excluding carboxylic acids is 2. The second-order valence-electron chi connectivity index (χ2n) is 4.39. The molecule has 0 fully saturated rings. The Kier molecular flexibility index (Phi) is 4.80. The van der Waals surface area contributed by atoms with Gasteiger partial charge in [0.2, 0.25) is 5.91 Å². The molecule has 0 unspecified atom stereocenters. The normalized spacial score (nSPS) is 9.86. The van der Waals surface area contributed by atoms with E-state index in [0.29, 0.717) is 16.4 Å². The number of anilines is 2. The zero-order valence-electron chi connectivity index (χ0n) is 11.5. The van der Waals surface area contributed by atoms with Crippen LogP contribution in [0.25, 0.3) is 0 Å². The molecule has 0 heterocycles. The maximum Gasteiger partial charge on any atom is 0.259 e. The van der Waals surface area contributed by atoms with Gasteiger partial charge in [-0.1, -0.05) is 24.2 Å². The minimum atomic E-state index is -0.519. The Morgan fingerprint density at radius 2 is 1.82 bits per heavy atom. The molecule has 112 valence electrons. The van der Waals surface area contributed by atoms with Gasteiger partial charge >= 0.3 is 0 Å². The van der Waals surface area contributed by atoms with Crippen LogP contribution in [0.15, 0.2) is 55.1 Å². The number of phenolic OH excluding ortho intramolecular Hbond substituents is 1. The summed E-state index contributed by atoms with van der Waals surface area (Å²) in [5.74, 6) is -1.13. The molecular formula is C16H13ClN2O3. The molecular weight excluding hydrogens is 304 g/mol. The zero-order valence-corrected chi connectivity index (χ0v) is 12.2. The quantitative estimate of drug-likeness (QED) is 0.597. The molecule has 6 heteroatoms. The Balaban J connectivity index is 2.23. The van der Waals surface area contributed by atoms with E-state index in [0.717, 1.165) is 6.08 Å². The number of carbonyl (C=O) groups is 2. The van der Waals surface area contributed by atoms with Crippen LogP contribution < -0.4 is 10.6 Å². The average molecular weight is 317 g/mol. The summed E-state index contributed by atoms with van der Waals surface area (Å²) >= 11 is 5.85. The number of benzene rings is 2. The van der Waals surface area contributed by atoms with Gasteiger partial charge in [-0.25, -0.2) is 0 Å². The standard InChI is InChI=1S/C16H13ClN2O3/c1-2-15(21)18-12-6-7-14(20)13(9-12)16(22)19-11-5-3-4-10(17)8-11/h2-9,20H,1H2,(H,18,21)(H,19,22). The van der Waals surface area contributed by atoms with Crippen LogP contribution in [0.5, 0.6) is 5.75 Å². The fourth-order valence-corrected chi connectivity index (χ4v) is 1.94. The van der Waals surface area contributed by atoms with Crippen LogP contribution >= 0.6 is 11.6 Å². The number of phenols is 1. The summed E-state index contributed by atoms with van der Waals surface area (Å²) in [5.41, 5.74) is 0.901. The summed E-state index contributed by atoms with van der Waals surface area (Å²) in [5, 5.41) is 15.4. The van der Waals surface area contributed by atoms with E-state index in [9.17, 15) is 14.7 Å². The van der Waals surface area contributed by atoms with Crippen LogP contribution in [-0.4, -0.2) is 16.9 Å². The number of rotatable bonds is 4. The number of amides is 2. The Morgan fingerprint density at radius 3 is 2.50 bits per heavy atom. The van der Waals surface area contributed by atoms with Crippen molar-refractivity contribution in [2.24, 2.45) is 0 Å². The first kappa shape index (κ1) is 15.6. The second kappa shape index (κ2) is 6.78. The molecule has 0 radical (unpaired) electrons. The van der Waals surface area contributed by atoms with Crippen molar-refractivity contribution in [3.05, 3.63) is 65.7 Å². The third-order valence-electron chi connectivity index (χ3n) is 2.78. The lowest BCUT2D eigenvalue weighted by Gasteiger charge is -2.09. The van der Waals surface area contributed by atoms with Crippen LogP contribution in [-0.2, 0) is 4.79 Å². The summed E-state index contributed by atoms with van der Waals surface area (Å²) in [7, 11) is 0. The number of aromatic hydroxyl groups is 1. The van der Waals surface area contributed by atoms with E-state index in [4.69, 9.17) is 11.6 Å². The van der Waals surface area contributed by atoms with Crippen LogP contribution in [0.2, 0.25) is 5.02 Å². The molecule has 22 heavy (non-hydrogen) atoms. The molecule has 0 atom stereocenters. The van der Waals surface area contributed by atoms with Crippen LogP contribution in [0.1, 0.15) is 10.4 Å². The Morgan fingerprint density at radius 1 is 1.09 bits per heavy atom. The van der Waals surface area contributed by atoms with E-state index >= 15 is 0 Å². The van der Waals surface area contributed by atoms with Crippen molar-refractivity contribution in [3.8, 4) is 5.75 Å². The highest BCUT2D eigenvalue weighted by Gasteiger charge is 2.13. The summed E-state index contributed by atoms with van der Waals surface area (Å²) < 4.78 is 0. The van der Waals surface area contributed by atoms with Crippen molar-refractivity contribution in [1.29, 1.82) is 0 Å². The minimum absolute atomic E-state index is 0.0295. The molecule has 0 aliphatic rings. The lowest BCUT2D eigenvalue weighted by molar-refractivity contribution is -0.111. The summed E-state index contributed by atoms with van der Waals surface area (Å²) in [4.78, 5) is 23.5. The smallest absolute Gasteiger partial charge is 0.259 e. The Labute approximate surface area is 132 Å². The van der Waals surface area contributed by atoms with Crippen LogP contribution in [0, 0.1) is 0 Å². The van der Waals surface area contributed by atoms with Gasteiger partial charge in [-0.15, -0.1) is 0 Å². The molecule has 0 spiro atoms. The number of halogens is 1. The molecule has 5 nitrogen and oxygen atoms in total. The first-order chi connectivity index (χ1) is 10.5. The molecule has 2 amide bonds. The van der Waals surface area contributed by atoms with Gasteiger partial charge in [-0.3, -0.25) is 9.59 Å². The fraction of sp³-hybridized carbons (Fsp3) is 0. The van der Waals surface area contributed by atoms with Gasteiger partial charge in [0.1, 0.15) is 5.75 Å². The topological polar surface area (TPSA) is 78.4 Å². The monoisotopic (exact) mass is 316 g/mol. The first-order valence-corrected chi connectivity index (χ1v) is 6.71. The van der Waals surface area contributed by atoms with E-state index in [2.05, 4.69) is 17.2 Å². The lowest BCUT2D eigenvalue weighted by atomic mass is 10.1. The summed E-state index contributed by atoms with van der Waals surface area (Å²) in [6, 6.07) is 10.8. The zero-order chi connectivity index (χ0) is 16.1. The molecule has 3 N–H and O–H groups in total. The minimum Gasteiger partial charge on any atom is -0.507 e. The highest BCUT2D eigenvalue weighted by atomic mass is 35.5. The van der Waals surface area contributed by atoms with E-state index in [-0.39, 0.29) is 11.3 Å². The molecule has 0 saturated heterocycles. The van der Waals surface area contributed by atoms with Crippen molar-refractivity contribution in [2.45, 2.75) is 0 Å². The van der Waals surface area contributed by atoms with E-state index in [1.807, 2.05) is 0 Å². The summed E-state index contributed by atoms with van der Waals surface area (Å²) in [6.07, 6.45) is 1.11. The summed E-state index contributed by atoms with van der Waals surface area (Å²) in [6.45, 7) is 3.34. The van der Waals surface area contributed by atoms with Gasteiger partial charge in [0.25, 0.3) is 5.91 Å². The molecule has 0 aromatic heterocycles. The number of hydrogen-bond acceptors (Lipinski definition) is 3. The van der Waals surface area contributed by atoms with Gasteiger partial charge in [0.05, 0.1) is 5.56 Å². The number of hydrogen-bond donors (Lipinski definition) is 3. The molecule has 0 bridgehead atoms. The van der Waals surface area contributed by atoms with Crippen LogP contribution in [0.3, 0.4) is 0 Å². The van der Waals surface area contributed by atoms with Crippen molar-refractivity contribution in [1.82, 2.24) is 0 Å². The first-order valence-electron chi connectivity index (χ1n) is 6.33. The maximum absolute atomic E-state index is 12.2. The maximum atomic E-state index is 12.2. The van der Waals surface area contributed by atoms with Crippen molar-refractivity contribution in [3.63, 3.8) is 0 Å². The fourth-order valence-electron chi connectivity index (χ4n) is 1.75. The highest BCUT2D eigenvalue weighted by molar-refractivity contribution is 6.31. The molecule has 0 aliphatic heterocycles. The number of nitrogens with one attached hydrogen (secondary N) is 2. The van der Waals surface area contributed by atoms with Crippen molar-refractivity contribution >= 4 is 34.8 Å². The average Bonchev–Trinajstić information content (AvgIpc) is 2.49. The SMILES string of the molecule is C=CC(=O)Nc1ccc(O)c(C(=O)Nc2cccc(Cl)c2)c1. The molecule has 0 saturated carbocycles. The highest BCUT2D eigenvalue weighted by Crippen LogP contribution is 2.23. The predicted molar refractivity (Wildman–Crippen MR) is 86.3 cm³/mol. The third kappa shape index (κ3) is 3.86. The van der Waals surface area contributed by atoms with Crippen molar-refractivity contribution < 1.29 is 14.7 Å².